The molecule has 142 valence electrons. The summed E-state index contributed by atoms with van der Waals surface area (Å²) in [6, 6.07) is 17.3. The lowest BCUT2D eigenvalue weighted by atomic mass is 9.93. The standard InChI is InChI=1S/C21H22N6O/c1-13(2)15-9-11-16(12-10-15)19-18(14(3)22-21-24-25-26-27(19)21)20(28)23-17-7-5-4-6-8-17/h4-13,19H,1-3H3,(H,23,28)(H,22,24,26). The van der Waals surface area contributed by atoms with Crippen molar-refractivity contribution < 1.29 is 4.79 Å². The molecule has 0 bridgehead atoms. The zero-order valence-electron chi connectivity index (χ0n) is 16.0. The normalized spacial score (nSPS) is 15.9. The minimum absolute atomic E-state index is 0.185. The number of hydrogen-bond acceptors (Lipinski definition) is 5. The summed E-state index contributed by atoms with van der Waals surface area (Å²) in [5.74, 6) is 0.769. The van der Waals surface area contributed by atoms with Crippen LogP contribution in [0.2, 0.25) is 0 Å². The van der Waals surface area contributed by atoms with E-state index in [1.165, 1.54) is 5.56 Å². The van der Waals surface area contributed by atoms with Crippen molar-refractivity contribution >= 4 is 17.5 Å². The van der Waals surface area contributed by atoms with Crippen molar-refractivity contribution in [1.29, 1.82) is 0 Å². The number of anilines is 2. The minimum Gasteiger partial charge on any atom is -0.326 e. The Hall–Kier alpha value is -3.48. The number of carbonyl (C=O) groups excluding carboxylic acids is 1. The number of nitrogens with zero attached hydrogens (tertiary/aromatic N) is 4. The van der Waals surface area contributed by atoms with Crippen molar-refractivity contribution in [3.63, 3.8) is 0 Å². The third-order valence-electron chi connectivity index (χ3n) is 4.91. The SMILES string of the molecule is CC1=C(C(=O)Nc2ccccc2)C(c2ccc(C(C)C)cc2)n2nnnc2N1. The van der Waals surface area contributed by atoms with Crippen LogP contribution in [0, 0.1) is 0 Å². The number of tetrazole rings is 1. The van der Waals surface area contributed by atoms with Gasteiger partial charge < -0.3 is 10.6 Å². The van der Waals surface area contributed by atoms with Gasteiger partial charge in [-0.2, -0.15) is 4.68 Å². The fraction of sp³-hybridized carbons (Fsp3) is 0.238. The van der Waals surface area contributed by atoms with E-state index in [-0.39, 0.29) is 5.91 Å². The molecule has 0 saturated carbocycles. The van der Waals surface area contributed by atoms with E-state index in [1.807, 2.05) is 49.4 Å². The predicted molar refractivity (Wildman–Crippen MR) is 108 cm³/mol. The molecule has 7 nitrogen and oxygen atoms in total. The average molecular weight is 374 g/mol. The smallest absolute Gasteiger partial charge is 0.255 e. The van der Waals surface area contributed by atoms with Crippen LogP contribution in [0.25, 0.3) is 0 Å². The summed E-state index contributed by atoms with van der Waals surface area (Å²) in [6.07, 6.45) is 0. The van der Waals surface area contributed by atoms with E-state index in [1.54, 1.807) is 4.68 Å². The molecule has 0 saturated heterocycles. The lowest BCUT2D eigenvalue weighted by Gasteiger charge is -2.28. The van der Waals surface area contributed by atoms with Crippen molar-refractivity contribution in [2.75, 3.05) is 10.6 Å². The van der Waals surface area contributed by atoms with E-state index in [2.05, 4.69) is 52.1 Å². The molecular formula is C21H22N6O. The van der Waals surface area contributed by atoms with Crippen LogP contribution in [-0.2, 0) is 4.79 Å². The lowest BCUT2D eigenvalue weighted by molar-refractivity contribution is -0.113. The van der Waals surface area contributed by atoms with Crippen molar-refractivity contribution in [3.05, 3.63) is 77.0 Å². The van der Waals surface area contributed by atoms with Gasteiger partial charge in [-0.3, -0.25) is 4.79 Å². The number of hydrogen-bond donors (Lipinski definition) is 2. The highest BCUT2D eigenvalue weighted by atomic mass is 16.1. The van der Waals surface area contributed by atoms with Crippen LogP contribution in [0.1, 0.15) is 43.9 Å². The Bertz CT molecular complexity index is 1020. The number of rotatable bonds is 4. The Labute approximate surface area is 163 Å². The number of benzene rings is 2. The predicted octanol–water partition coefficient (Wildman–Crippen LogP) is 3.72. The molecular weight excluding hydrogens is 352 g/mol. The van der Waals surface area contributed by atoms with Crippen LogP contribution in [0.3, 0.4) is 0 Å². The summed E-state index contributed by atoms with van der Waals surface area (Å²) in [5, 5.41) is 18.0. The zero-order valence-corrected chi connectivity index (χ0v) is 16.0. The second kappa shape index (κ2) is 7.26. The molecule has 4 rings (SSSR count). The molecule has 7 heteroatoms. The van der Waals surface area contributed by atoms with E-state index in [0.29, 0.717) is 17.4 Å². The number of amides is 1. The first-order valence-corrected chi connectivity index (χ1v) is 9.26. The van der Waals surface area contributed by atoms with Gasteiger partial charge in [0.1, 0.15) is 6.04 Å². The Morgan fingerprint density at radius 2 is 1.82 bits per heavy atom. The molecule has 2 N–H and O–H groups in total. The summed E-state index contributed by atoms with van der Waals surface area (Å²) >= 11 is 0. The molecule has 1 amide bonds. The topological polar surface area (TPSA) is 84.7 Å². The summed E-state index contributed by atoms with van der Waals surface area (Å²) in [4.78, 5) is 13.2. The number of para-hydroxylation sites is 1. The maximum absolute atomic E-state index is 13.2. The Balaban J connectivity index is 1.75. The fourth-order valence-corrected chi connectivity index (χ4v) is 3.40. The molecule has 1 atom stereocenters. The van der Waals surface area contributed by atoms with Crippen LogP contribution >= 0.6 is 0 Å². The molecule has 0 radical (unpaired) electrons. The van der Waals surface area contributed by atoms with Gasteiger partial charge in [-0.15, -0.1) is 0 Å². The number of nitrogens with one attached hydrogen (secondary N) is 2. The van der Waals surface area contributed by atoms with Crippen LogP contribution in [0.15, 0.2) is 65.9 Å². The monoisotopic (exact) mass is 374 g/mol. The summed E-state index contributed by atoms with van der Waals surface area (Å²) in [6.45, 7) is 6.18. The fourth-order valence-electron chi connectivity index (χ4n) is 3.40. The second-order valence-electron chi connectivity index (χ2n) is 7.15. The van der Waals surface area contributed by atoms with Crippen molar-refractivity contribution in [1.82, 2.24) is 20.2 Å². The Morgan fingerprint density at radius 1 is 1.11 bits per heavy atom. The molecule has 1 aliphatic heterocycles. The Kier molecular flexibility index (Phi) is 4.65. The first kappa shape index (κ1) is 17.9. The van der Waals surface area contributed by atoms with Gasteiger partial charge in [-0.1, -0.05) is 61.4 Å². The van der Waals surface area contributed by atoms with E-state index in [4.69, 9.17) is 0 Å². The number of allylic oxidation sites excluding steroid dienone is 1. The van der Waals surface area contributed by atoms with Gasteiger partial charge in [0.25, 0.3) is 5.91 Å². The van der Waals surface area contributed by atoms with Gasteiger partial charge in [-0.05, 0) is 46.5 Å². The van der Waals surface area contributed by atoms with Crippen molar-refractivity contribution in [2.45, 2.75) is 32.7 Å². The van der Waals surface area contributed by atoms with Gasteiger partial charge in [0.2, 0.25) is 5.95 Å². The first-order valence-electron chi connectivity index (χ1n) is 9.26. The maximum atomic E-state index is 13.2. The molecule has 3 aromatic rings. The third kappa shape index (κ3) is 3.26. The van der Waals surface area contributed by atoms with Crippen molar-refractivity contribution in [2.24, 2.45) is 0 Å². The van der Waals surface area contributed by atoms with Crippen LogP contribution in [0.4, 0.5) is 11.6 Å². The highest BCUT2D eigenvalue weighted by molar-refractivity contribution is 6.05. The molecule has 28 heavy (non-hydrogen) atoms. The number of carbonyl (C=O) groups is 1. The van der Waals surface area contributed by atoms with Gasteiger partial charge in [0, 0.05) is 11.4 Å². The highest BCUT2D eigenvalue weighted by Gasteiger charge is 2.34. The summed E-state index contributed by atoms with van der Waals surface area (Å²) in [5.41, 5.74) is 4.25. The van der Waals surface area contributed by atoms with Crippen LogP contribution in [-0.4, -0.2) is 26.1 Å². The van der Waals surface area contributed by atoms with E-state index < -0.39 is 6.04 Å². The maximum Gasteiger partial charge on any atom is 0.255 e. The third-order valence-corrected chi connectivity index (χ3v) is 4.91. The second-order valence-corrected chi connectivity index (χ2v) is 7.15. The number of fused-ring (bicyclic) bond motifs is 1. The minimum atomic E-state index is -0.406. The molecule has 1 unspecified atom stereocenters. The van der Waals surface area contributed by atoms with Crippen LogP contribution < -0.4 is 10.6 Å². The molecule has 0 aliphatic carbocycles. The largest absolute Gasteiger partial charge is 0.326 e. The molecule has 0 spiro atoms. The van der Waals surface area contributed by atoms with E-state index in [9.17, 15) is 4.79 Å². The molecule has 2 aromatic carbocycles. The van der Waals surface area contributed by atoms with Gasteiger partial charge in [0.15, 0.2) is 0 Å². The lowest BCUT2D eigenvalue weighted by Crippen LogP contribution is -2.31. The average Bonchev–Trinajstić information content (AvgIpc) is 3.15. The van der Waals surface area contributed by atoms with Gasteiger partial charge >= 0.3 is 0 Å². The van der Waals surface area contributed by atoms with E-state index >= 15 is 0 Å². The molecule has 0 fully saturated rings. The van der Waals surface area contributed by atoms with Crippen molar-refractivity contribution in [3.8, 4) is 0 Å². The number of aromatic nitrogens is 4. The van der Waals surface area contributed by atoms with Gasteiger partial charge in [0.05, 0.1) is 5.57 Å². The quantitative estimate of drug-likeness (QED) is 0.727. The highest BCUT2D eigenvalue weighted by Crippen LogP contribution is 2.35. The molecule has 1 aromatic heterocycles. The summed E-state index contributed by atoms with van der Waals surface area (Å²) < 4.78 is 1.65. The summed E-state index contributed by atoms with van der Waals surface area (Å²) in [7, 11) is 0. The molecule has 2 heterocycles. The Morgan fingerprint density at radius 3 is 2.50 bits per heavy atom. The van der Waals surface area contributed by atoms with Gasteiger partial charge in [-0.25, -0.2) is 0 Å². The zero-order chi connectivity index (χ0) is 19.7. The van der Waals surface area contributed by atoms with Crippen LogP contribution in [0.5, 0.6) is 0 Å². The van der Waals surface area contributed by atoms with E-state index in [0.717, 1.165) is 16.9 Å². The molecule has 1 aliphatic rings. The first-order chi connectivity index (χ1) is 13.5.